The van der Waals surface area contributed by atoms with E-state index < -0.39 is 4.92 Å². The van der Waals surface area contributed by atoms with Crippen LogP contribution in [0.1, 0.15) is 5.56 Å². The third-order valence-corrected chi connectivity index (χ3v) is 3.39. The van der Waals surface area contributed by atoms with Gasteiger partial charge in [0.15, 0.2) is 5.75 Å². The highest BCUT2D eigenvalue weighted by atomic mass is 127. The van der Waals surface area contributed by atoms with Crippen LogP contribution in [-0.2, 0) is 6.61 Å². The van der Waals surface area contributed by atoms with E-state index in [1.807, 2.05) is 24.3 Å². The van der Waals surface area contributed by atoms with Crippen LogP contribution in [0.2, 0.25) is 0 Å². The summed E-state index contributed by atoms with van der Waals surface area (Å²) in [4.78, 5) is 10.5. The summed E-state index contributed by atoms with van der Waals surface area (Å²) in [5.74, 6) is 0.660. The molecule has 0 N–H and O–H groups in total. The Bertz CT molecular complexity index is 613. The summed E-state index contributed by atoms with van der Waals surface area (Å²) >= 11 is 2.21. The second-order valence-corrected chi connectivity index (χ2v) is 5.25. The van der Waals surface area contributed by atoms with Gasteiger partial charge in [-0.25, -0.2) is 0 Å². The van der Waals surface area contributed by atoms with E-state index in [4.69, 9.17) is 9.47 Å². The van der Waals surface area contributed by atoms with Crippen LogP contribution in [-0.4, -0.2) is 12.0 Å². The van der Waals surface area contributed by atoms with Gasteiger partial charge in [-0.1, -0.05) is 12.1 Å². The Hall–Kier alpha value is -1.83. The molecule has 0 aromatic heterocycles. The molecule has 0 heterocycles. The summed E-state index contributed by atoms with van der Waals surface area (Å²) < 4.78 is 11.6. The lowest BCUT2D eigenvalue weighted by molar-refractivity contribution is -0.386. The summed E-state index contributed by atoms with van der Waals surface area (Å²) in [6.07, 6.45) is 0. The van der Waals surface area contributed by atoms with Crippen molar-refractivity contribution in [3.05, 3.63) is 61.7 Å². The average Bonchev–Trinajstić information content (AvgIpc) is 2.46. The Kier molecular flexibility index (Phi) is 4.78. The van der Waals surface area contributed by atoms with Gasteiger partial charge in [0.2, 0.25) is 0 Å². The number of methoxy groups -OCH3 is 1. The first kappa shape index (κ1) is 14.6. The first-order chi connectivity index (χ1) is 9.60. The minimum atomic E-state index is -0.480. The smallest absolute Gasteiger partial charge is 0.314 e. The number of nitrogens with zero attached hydrogens (tertiary/aromatic N) is 1. The summed E-state index contributed by atoms with van der Waals surface area (Å²) in [5, 5.41) is 11.0. The van der Waals surface area contributed by atoms with Crippen LogP contribution in [0.25, 0.3) is 0 Å². The summed E-state index contributed by atoms with van der Waals surface area (Å²) in [7, 11) is 1.46. The largest absolute Gasteiger partial charge is 0.496 e. The van der Waals surface area contributed by atoms with Gasteiger partial charge in [0.1, 0.15) is 12.4 Å². The van der Waals surface area contributed by atoms with E-state index >= 15 is 0 Å². The Morgan fingerprint density at radius 3 is 2.50 bits per heavy atom. The maximum absolute atomic E-state index is 11.0. The highest BCUT2D eigenvalue weighted by Crippen LogP contribution is 2.31. The third-order valence-electron chi connectivity index (χ3n) is 2.67. The normalized spacial score (nSPS) is 10.1. The summed E-state index contributed by atoms with van der Waals surface area (Å²) in [5.41, 5.74) is 0.852. The van der Waals surface area contributed by atoms with Crippen LogP contribution in [0.5, 0.6) is 11.5 Å². The fourth-order valence-electron chi connectivity index (χ4n) is 1.63. The van der Waals surface area contributed by atoms with Gasteiger partial charge in [0.25, 0.3) is 0 Å². The van der Waals surface area contributed by atoms with E-state index in [9.17, 15) is 10.1 Å². The number of halogens is 1. The van der Waals surface area contributed by atoms with Crippen LogP contribution in [0.4, 0.5) is 5.69 Å². The van der Waals surface area contributed by atoms with Crippen molar-refractivity contribution in [2.45, 2.75) is 6.61 Å². The SMILES string of the molecule is COc1ccc(OCc2ccc(I)cc2)c([N+](=O)[O-])c1. The molecule has 0 unspecified atom stereocenters. The van der Waals surface area contributed by atoms with Gasteiger partial charge in [0, 0.05) is 3.57 Å². The van der Waals surface area contributed by atoms with E-state index in [1.165, 1.54) is 13.2 Å². The number of nitro benzene ring substituents is 1. The Morgan fingerprint density at radius 2 is 1.90 bits per heavy atom. The predicted octanol–water partition coefficient (Wildman–Crippen LogP) is 3.79. The number of benzene rings is 2. The number of ether oxygens (including phenoxy) is 2. The van der Waals surface area contributed by atoms with Crippen LogP contribution in [0.15, 0.2) is 42.5 Å². The molecular formula is C14H12INO4. The van der Waals surface area contributed by atoms with Gasteiger partial charge in [-0.3, -0.25) is 10.1 Å². The molecule has 2 aromatic rings. The van der Waals surface area contributed by atoms with Gasteiger partial charge in [-0.05, 0) is 52.4 Å². The molecule has 104 valence electrons. The molecule has 0 saturated heterocycles. The molecule has 6 heteroatoms. The van der Waals surface area contributed by atoms with Crippen molar-refractivity contribution in [2.24, 2.45) is 0 Å². The molecule has 20 heavy (non-hydrogen) atoms. The first-order valence-electron chi connectivity index (χ1n) is 5.80. The maximum atomic E-state index is 11.0. The lowest BCUT2D eigenvalue weighted by Gasteiger charge is -2.08. The molecule has 0 spiro atoms. The summed E-state index contributed by atoms with van der Waals surface area (Å²) in [6.45, 7) is 0.282. The molecule has 0 atom stereocenters. The molecule has 0 saturated carbocycles. The molecule has 0 aliphatic carbocycles. The molecule has 0 aliphatic heterocycles. The standard InChI is InChI=1S/C14H12INO4/c1-19-12-6-7-14(13(8-12)16(17)18)20-9-10-2-4-11(15)5-3-10/h2-8H,9H2,1H3. The van der Waals surface area contributed by atoms with E-state index in [1.54, 1.807) is 12.1 Å². The molecule has 0 fully saturated rings. The van der Waals surface area contributed by atoms with E-state index in [-0.39, 0.29) is 18.0 Å². The molecule has 0 radical (unpaired) electrons. The quantitative estimate of drug-likeness (QED) is 0.447. The Morgan fingerprint density at radius 1 is 1.20 bits per heavy atom. The maximum Gasteiger partial charge on any atom is 0.314 e. The minimum absolute atomic E-state index is 0.102. The number of rotatable bonds is 5. The van der Waals surface area contributed by atoms with Crippen LogP contribution in [0, 0.1) is 13.7 Å². The molecule has 2 aromatic carbocycles. The van der Waals surface area contributed by atoms with E-state index in [0.717, 1.165) is 9.13 Å². The van der Waals surface area contributed by atoms with Crippen LogP contribution in [0.3, 0.4) is 0 Å². The highest BCUT2D eigenvalue weighted by Gasteiger charge is 2.16. The zero-order chi connectivity index (χ0) is 14.5. The van der Waals surface area contributed by atoms with Crippen LogP contribution < -0.4 is 9.47 Å². The van der Waals surface area contributed by atoms with Crippen molar-refractivity contribution in [2.75, 3.05) is 7.11 Å². The van der Waals surface area contributed by atoms with E-state index in [2.05, 4.69) is 22.6 Å². The molecule has 0 amide bonds. The zero-order valence-electron chi connectivity index (χ0n) is 10.7. The van der Waals surface area contributed by atoms with E-state index in [0.29, 0.717) is 5.75 Å². The Balaban J connectivity index is 2.16. The molecule has 0 aliphatic rings. The van der Waals surface area contributed by atoms with Gasteiger partial charge in [-0.2, -0.15) is 0 Å². The van der Waals surface area contributed by atoms with Crippen molar-refractivity contribution in [1.82, 2.24) is 0 Å². The summed E-state index contributed by atoms with van der Waals surface area (Å²) in [6, 6.07) is 12.3. The zero-order valence-corrected chi connectivity index (χ0v) is 12.9. The number of hydrogen-bond donors (Lipinski definition) is 0. The second kappa shape index (κ2) is 6.56. The first-order valence-corrected chi connectivity index (χ1v) is 6.87. The van der Waals surface area contributed by atoms with Crippen molar-refractivity contribution >= 4 is 28.3 Å². The fraction of sp³-hybridized carbons (Fsp3) is 0.143. The lowest BCUT2D eigenvalue weighted by Crippen LogP contribution is -1.99. The number of hydrogen-bond acceptors (Lipinski definition) is 4. The Labute approximate surface area is 129 Å². The second-order valence-electron chi connectivity index (χ2n) is 4.01. The monoisotopic (exact) mass is 385 g/mol. The van der Waals surface area contributed by atoms with Crippen molar-refractivity contribution in [1.29, 1.82) is 0 Å². The van der Waals surface area contributed by atoms with Crippen molar-refractivity contribution in [3.63, 3.8) is 0 Å². The van der Waals surface area contributed by atoms with Gasteiger partial charge in [-0.15, -0.1) is 0 Å². The minimum Gasteiger partial charge on any atom is -0.496 e. The van der Waals surface area contributed by atoms with Gasteiger partial charge < -0.3 is 9.47 Å². The fourth-order valence-corrected chi connectivity index (χ4v) is 1.99. The van der Waals surface area contributed by atoms with Crippen molar-refractivity contribution in [3.8, 4) is 11.5 Å². The molecule has 5 nitrogen and oxygen atoms in total. The third kappa shape index (κ3) is 3.60. The highest BCUT2D eigenvalue weighted by molar-refractivity contribution is 14.1. The van der Waals surface area contributed by atoms with Crippen molar-refractivity contribution < 1.29 is 14.4 Å². The van der Waals surface area contributed by atoms with Gasteiger partial charge in [0.05, 0.1) is 18.1 Å². The van der Waals surface area contributed by atoms with Gasteiger partial charge >= 0.3 is 5.69 Å². The predicted molar refractivity (Wildman–Crippen MR) is 83.1 cm³/mol. The molecular weight excluding hydrogens is 373 g/mol. The topological polar surface area (TPSA) is 61.6 Å². The average molecular weight is 385 g/mol. The number of nitro groups is 1. The van der Waals surface area contributed by atoms with Crippen LogP contribution >= 0.6 is 22.6 Å². The molecule has 0 bridgehead atoms. The lowest BCUT2D eigenvalue weighted by atomic mass is 10.2. The molecule has 2 rings (SSSR count).